The van der Waals surface area contributed by atoms with Gasteiger partial charge in [0.1, 0.15) is 17.0 Å². The van der Waals surface area contributed by atoms with Crippen molar-refractivity contribution >= 4 is 5.91 Å². The lowest BCUT2D eigenvalue weighted by Gasteiger charge is -2.08. The van der Waals surface area contributed by atoms with Gasteiger partial charge in [-0.25, -0.2) is 0 Å². The van der Waals surface area contributed by atoms with Gasteiger partial charge in [0, 0.05) is 19.2 Å². The highest BCUT2D eigenvalue weighted by atomic mass is 16.5. The summed E-state index contributed by atoms with van der Waals surface area (Å²) in [6.45, 7) is 2.72. The molecular weight excluding hydrogens is 316 g/mol. The van der Waals surface area contributed by atoms with Gasteiger partial charge in [0.05, 0.1) is 6.61 Å². The van der Waals surface area contributed by atoms with Crippen LogP contribution >= 0.6 is 0 Å². The molecule has 2 aromatic carbocycles. The highest BCUT2D eigenvalue weighted by Crippen LogP contribution is 2.25. The number of benzene rings is 2. The Morgan fingerprint density at radius 2 is 1.88 bits per heavy atom. The van der Waals surface area contributed by atoms with Crippen molar-refractivity contribution in [2.24, 2.45) is 0 Å². The first-order chi connectivity index (χ1) is 12.2. The molecule has 5 nitrogen and oxygen atoms in total. The highest BCUT2D eigenvalue weighted by Gasteiger charge is 2.21. The summed E-state index contributed by atoms with van der Waals surface area (Å²) in [5, 5.41) is 6.99. The third kappa shape index (κ3) is 3.95. The standard InChI is InChI=1S/C20H20N2O3/c1-14-18(19(22-25-14)17-9-4-3-5-10-17)20(23)21-12-15-7-6-8-16(11-15)13-24-2/h3-11H,12-13H2,1-2H3,(H,21,23). The van der Waals surface area contributed by atoms with E-state index in [9.17, 15) is 4.79 Å². The van der Waals surface area contributed by atoms with Crippen LogP contribution in [0, 0.1) is 6.92 Å². The molecule has 0 aliphatic carbocycles. The summed E-state index contributed by atoms with van der Waals surface area (Å²) < 4.78 is 10.4. The van der Waals surface area contributed by atoms with Crippen molar-refractivity contribution in [1.82, 2.24) is 10.5 Å². The maximum atomic E-state index is 12.7. The van der Waals surface area contributed by atoms with E-state index in [1.807, 2.05) is 54.6 Å². The summed E-state index contributed by atoms with van der Waals surface area (Å²) in [6, 6.07) is 17.5. The monoisotopic (exact) mass is 336 g/mol. The number of carbonyl (C=O) groups excluding carboxylic acids is 1. The van der Waals surface area contributed by atoms with Crippen LogP contribution in [0.4, 0.5) is 0 Å². The van der Waals surface area contributed by atoms with Crippen molar-refractivity contribution < 1.29 is 14.1 Å². The van der Waals surface area contributed by atoms with Crippen molar-refractivity contribution in [1.29, 1.82) is 0 Å². The Morgan fingerprint density at radius 1 is 1.12 bits per heavy atom. The molecule has 0 bridgehead atoms. The van der Waals surface area contributed by atoms with Crippen LogP contribution < -0.4 is 5.32 Å². The Balaban J connectivity index is 1.76. The molecule has 0 unspecified atom stereocenters. The van der Waals surface area contributed by atoms with Gasteiger partial charge in [-0.15, -0.1) is 0 Å². The van der Waals surface area contributed by atoms with Crippen LogP contribution in [0.3, 0.4) is 0 Å². The number of carbonyl (C=O) groups is 1. The second-order valence-electron chi connectivity index (χ2n) is 5.76. The number of aryl methyl sites for hydroxylation is 1. The van der Waals surface area contributed by atoms with Gasteiger partial charge >= 0.3 is 0 Å². The molecule has 0 aliphatic heterocycles. The topological polar surface area (TPSA) is 64.4 Å². The first kappa shape index (κ1) is 16.9. The molecule has 1 N–H and O–H groups in total. The van der Waals surface area contributed by atoms with Crippen molar-refractivity contribution in [3.05, 3.63) is 77.0 Å². The van der Waals surface area contributed by atoms with Gasteiger partial charge in [0.15, 0.2) is 0 Å². The molecule has 128 valence electrons. The first-order valence-electron chi connectivity index (χ1n) is 8.05. The van der Waals surface area contributed by atoms with E-state index in [2.05, 4.69) is 10.5 Å². The summed E-state index contributed by atoms with van der Waals surface area (Å²) >= 11 is 0. The van der Waals surface area contributed by atoms with E-state index in [1.54, 1.807) is 14.0 Å². The molecule has 25 heavy (non-hydrogen) atoms. The Morgan fingerprint density at radius 3 is 2.64 bits per heavy atom. The number of hydrogen-bond acceptors (Lipinski definition) is 4. The zero-order valence-electron chi connectivity index (χ0n) is 14.3. The first-order valence-corrected chi connectivity index (χ1v) is 8.05. The number of rotatable bonds is 6. The number of ether oxygens (including phenoxy) is 1. The molecule has 0 saturated heterocycles. The summed E-state index contributed by atoms with van der Waals surface area (Å²) in [5.74, 6) is 0.305. The number of nitrogens with zero attached hydrogens (tertiary/aromatic N) is 1. The average molecular weight is 336 g/mol. The SMILES string of the molecule is COCc1cccc(CNC(=O)c2c(-c3ccccc3)noc2C)c1. The largest absolute Gasteiger partial charge is 0.380 e. The van der Waals surface area contributed by atoms with Crippen LogP contribution in [-0.2, 0) is 17.9 Å². The minimum Gasteiger partial charge on any atom is -0.380 e. The molecule has 1 amide bonds. The Kier molecular flexibility index (Phi) is 5.26. The van der Waals surface area contributed by atoms with Crippen LogP contribution in [0.25, 0.3) is 11.3 Å². The van der Waals surface area contributed by atoms with Gasteiger partial charge in [-0.3, -0.25) is 4.79 Å². The van der Waals surface area contributed by atoms with Gasteiger partial charge < -0.3 is 14.6 Å². The molecule has 5 heteroatoms. The minimum atomic E-state index is -0.199. The van der Waals surface area contributed by atoms with Crippen LogP contribution in [-0.4, -0.2) is 18.2 Å². The van der Waals surface area contributed by atoms with E-state index < -0.39 is 0 Å². The van der Waals surface area contributed by atoms with E-state index in [4.69, 9.17) is 9.26 Å². The lowest BCUT2D eigenvalue weighted by molar-refractivity contribution is 0.0950. The molecule has 1 aromatic heterocycles. The number of aromatic nitrogens is 1. The fourth-order valence-electron chi connectivity index (χ4n) is 2.70. The molecule has 0 spiro atoms. The molecule has 1 heterocycles. The molecule has 3 rings (SSSR count). The zero-order valence-corrected chi connectivity index (χ0v) is 14.3. The smallest absolute Gasteiger partial charge is 0.257 e. The number of amides is 1. The summed E-state index contributed by atoms with van der Waals surface area (Å²) in [5.41, 5.74) is 3.97. The minimum absolute atomic E-state index is 0.199. The van der Waals surface area contributed by atoms with Crippen LogP contribution in [0.1, 0.15) is 27.2 Å². The zero-order chi connectivity index (χ0) is 17.6. The van der Waals surface area contributed by atoms with Gasteiger partial charge in [-0.1, -0.05) is 59.8 Å². The molecule has 0 fully saturated rings. The van der Waals surface area contributed by atoms with Crippen molar-refractivity contribution in [3.63, 3.8) is 0 Å². The predicted molar refractivity (Wildman–Crippen MR) is 95.0 cm³/mol. The Hall–Kier alpha value is -2.92. The average Bonchev–Trinajstić information content (AvgIpc) is 3.03. The van der Waals surface area contributed by atoms with Crippen LogP contribution in [0.15, 0.2) is 59.1 Å². The second-order valence-corrected chi connectivity index (χ2v) is 5.76. The summed E-state index contributed by atoms with van der Waals surface area (Å²) in [7, 11) is 1.66. The third-order valence-corrected chi connectivity index (χ3v) is 3.89. The number of methoxy groups -OCH3 is 1. The van der Waals surface area contributed by atoms with E-state index in [1.165, 1.54) is 0 Å². The van der Waals surface area contributed by atoms with Crippen LogP contribution in [0.5, 0.6) is 0 Å². The normalized spacial score (nSPS) is 10.6. The van der Waals surface area contributed by atoms with Gasteiger partial charge in [0.25, 0.3) is 5.91 Å². The van der Waals surface area contributed by atoms with Crippen molar-refractivity contribution in [3.8, 4) is 11.3 Å². The highest BCUT2D eigenvalue weighted by molar-refractivity contribution is 6.00. The quantitative estimate of drug-likeness (QED) is 0.745. The van der Waals surface area contributed by atoms with Gasteiger partial charge in [-0.2, -0.15) is 0 Å². The van der Waals surface area contributed by atoms with Crippen LogP contribution in [0.2, 0.25) is 0 Å². The fourth-order valence-corrected chi connectivity index (χ4v) is 2.70. The number of nitrogens with one attached hydrogen (secondary N) is 1. The summed E-state index contributed by atoms with van der Waals surface area (Å²) in [4.78, 5) is 12.7. The van der Waals surface area contributed by atoms with Gasteiger partial charge in [-0.05, 0) is 18.1 Å². The lowest BCUT2D eigenvalue weighted by Crippen LogP contribution is -2.23. The molecule has 0 radical (unpaired) electrons. The Labute approximate surface area is 146 Å². The lowest BCUT2D eigenvalue weighted by atomic mass is 10.1. The molecule has 3 aromatic rings. The van der Waals surface area contributed by atoms with E-state index in [0.717, 1.165) is 16.7 Å². The Bertz CT molecular complexity index is 856. The van der Waals surface area contributed by atoms with Gasteiger partial charge in [0.2, 0.25) is 0 Å². The third-order valence-electron chi connectivity index (χ3n) is 3.89. The fraction of sp³-hybridized carbons (Fsp3) is 0.200. The van der Waals surface area contributed by atoms with E-state index >= 15 is 0 Å². The molecule has 0 aliphatic rings. The molecule has 0 atom stereocenters. The molecular formula is C20H20N2O3. The van der Waals surface area contributed by atoms with Crippen molar-refractivity contribution in [2.75, 3.05) is 7.11 Å². The maximum absolute atomic E-state index is 12.7. The second kappa shape index (κ2) is 7.77. The van der Waals surface area contributed by atoms with E-state index in [-0.39, 0.29) is 5.91 Å². The molecule has 0 saturated carbocycles. The maximum Gasteiger partial charge on any atom is 0.257 e. The number of hydrogen-bond donors (Lipinski definition) is 1. The van der Waals surface area contributed by atoms with E-state index in [0.29, 0.717) is 30.2 Å². The van der Waals surface area contributed by atoms with Crippen molar-refractivity contribution in [2.45, 2.75) is 20.1 Å². The predicted octanol–water partition coefficient (Wildman–Crippen LogP) is 3.73. The summed E-state index contributed by atoms with van der Waals surface area (Å²) in [6.07, 6.45) is 0.